The maximum absolute atomic E-state index is 6.15. The molecule has 0 unspecified atom stereocenters. The highest BCUT2D eigenvalue weighted by atomic mass is 15.5. The zero-order valence-electron chi connectivity index (χ0n) is 12.4. The first-order valence-electron chi connectivity index (χ1n) is 8.49. The first-order chi connectivity index (χ1) is 9.26. The van der Waals surface area contributed by atoms with E-state index in [4.69, 9.17) is 5.73 Å². The summed E-state index contributed by atoms with van der Waals surface area (Å²) in [5, 5.41) is 2.46. The van der Waals surface area contributed by atoms with Crippen LogP contribution in [0.4, 0.5) is 0 Å². The van der Waals surface area contributed by atoms with Gasteiger partial charge >= 0.3 is 0 Å². The van der Waals surface area contributed by atoms with E-state index in [1.54, 1.807) is 0 Å². The van der Waals surface area contributed by atoms with Gasteiger partial charge in [-0.1, -0.05) is 19.3 Å². The number of piperidine rings is 1. The molecule has 3 heteroatoms. The van der Waals surface area contributed by atoms with Gasteiger partial charge in [-0.05, 0) is 56.8 Å². The topological polar surface area (TPSA) is 41.3 Å². The van der Waals surface area contributed by atoms with Gasteiger partial charge in [0.05, 0.1) is 0 Å². The van der Waals surface area contributed by atoms with E-state index in [0.29, 0.717) is 5.41 Å². The maximum atomic E-state index is 6.15. The van der Waals surface area contributed by atoms with Crippen LogP contribution < -0.4 is 11.2 Å². The molecule has 3 nitrogen and oxygen atoms in total. The van der Waals surface area contributed by atoms with Crippen LogP contribution in [0.2, 0.25) is 0 Å². The van der Waals surface area contributed by atoms with Crippen molar-refractivity contribution in [1.29, 1.82) is 0 Å². The van der Waals surface area contributed by atoms with Gasteiger partial charge in [-0.15, -0.1) is 0 Å². The molecule has 1 aliphatic heterocycles. The van der Waals surface area contributed by atoms with Gasteiger partial charge < -0.3 is 5.73 Å². The number of nitrogens with zero attached hydrogens (tertiary/aromatic N) is 1. The van der Waals surface area contributed by atoms with Gasteiger partial charge in [-0.3, -0.25) is 0 Å². The highest BCUT2D eigenvalue weighted by molar-refractivity contribution is 4.99. The molecule has 1 heterocycles. The van der Waals surface area contributed by atoms with Crippen molar-refractivity contribution < 1.29 is 0 Å². The fourth-order valence-corrected chi connectivity index (χ4v) is 4.59. The smallest absolute Gasteiger partial charge is 0.0448 e. The van der Waals surface area contributed by atoms with Crippen molar-refractivity contribution in [2.24, 2.45) is 11.1 Å². The zero-order valence-corrected chi connectivity index (χ0v) is 12.4. The Bertz CT molecular complexity index is 280. The molecule has 3 fully saturated rings. The average molecular weight is 265 g/mol. The van der Waals surface area contributed by atoms with E-state index in [1.165, 1.54) is 83.7 Å². The first-order valence-corrected chi connectivity index (χ1v) is 8.49. The van der Waals surface area contributed by atoms with Crippen molar-refractivity contribution in [3.05, 3.63) is 0 Å². The standard InChI is InChI=1S/C16H31N3/c17-14-16(18-19-12-4-1-5-13-19)10-8-15(9-11-16)6-2-3-7-15/h18H,1-14,17H2. The van der Waals surface area contributed by atoms with Crippen LogP contribution in [0, 0.1) is 5.41 Å². The van der Waals surface area contributed by atoms with Crippen molar-refractivity contribution in [3.8, 4) is 0 Å². The monoisotopic (exact) mass is 265 g/mol. The summed E-state index contributed by atoms with van der Waals surface area (Å²) in [6.07, 6.45) is 15.4. The van der Waals surface area contributed by atoms with E-state index >= 15 is 0 Å². The van der Waals surface area contributed by atoms with Crippen molar-refractivity contribution in [1.82, 2.24) is 10.4 Å². The van der Waals surface area contributed by atoms with Crippen molar-refractivity contribution in [3.63, 3.8) is 0 Å². The molecule has 0 aromatic heterocycles. The Hall–Kier alpha value is -0.120. The Kier molecular flexibility index (Phi) is 4.16. The molecule has 3 N–H and O–H groups in total. The summed E-state index contributed by atoms with van der Waals surface area (Å²) in [5.41, 5.74) is 10.9. The summed E-state index contributed by atoms with van der Waals surface area (Å²) in [4.78, 5) is 0. The third-order valence-corrected chi connectivity index (χ3v) is 6.07. The predicted octanol–water partition coefficient (Wildman–Crippen LogP) is 2.81. The second-order valence-corrected chi connectivity index (χ2v) is 7.35. The molecule has 0 atom stereocenters. The summed E-state index contributed by atoms with van der Waals surface area (Å²) in [7, 11) is 0. The Labute approximate surface area is 118 Å². The van der Waals surface area contributed by atoms with Crippen LogP contribution in [0.5, 0.6) is 0 Å². The first kappa shape index (κ1) is 13.8. The van der Waals surface area contributed by atoms with E-state index in [2.05, 4.69) is 10.4 Å². The number of nitrogens with one attached hydrogen (secondary N) is 1. The third kappa shape index (κ3) is 2.98. The molecule has 0 aromatic rings. The molecule has 0 bridgehead atoms. The molecule has 2 saturated carbocycles. The normalized spacial score (nSPS) is 30.8. The van der Waals surface area contributed by atoms with Crippen LogP contribution >= 0.6 is 0 Å². The van der Waals surface area contributed by atoms with Crippen LogP contribution in [0.25, 0.3) is 0 Å². The summed E-state index contributed by atoms with van der Waals surface area (Å²) in [6.45, 7) is 3.24. The molecule has 3 rings (SSSR count). The quantitative estimate of drug-likeness (QED) is 0.824. The minimum atomic E-state index is 0.213. The van der Waals surface area contributed by atoms with Gasteiger partial charge in [0, 0.05) is 25.2 Å². The Morgan fingerprint density at radius 2 is 1.42 bits per heavy atom. The van der Waals surface area contributed by atoms with E-state index in [-0.39, 0.29) is 5.54 Å². The molecule has 2 aliphatic carbocycles. The van der Waals surface area contributed by atoms with Crippen LogP contribution in [0.15, 0.2) is 0 Å². The Morgan fingerprint density at radius 3 is 2.00 bits per heavy atom. The molecule has 0 amide bonds. The lowest BCUT2D eigenvalue weighted by Gasteiger charge is -2.48. The summed E-state index contributed by atoms with van der Waals surface area (Å²) >= 11 is 0. The van der Waals surface area contributed by atoms with Gasteiger partial charge in [0.15, 0.2) is 0 Å². The van der Waals surface area contributed by atoms with E-state index in [9.17, 15) is 0 Å². The SMILES string of the molecule is NCC1(NN2CCCCC2)CCC2(CCCC2)CC1. The number of nitrogens with two attached hydrogens (primary N) is 1. The van der Waals surface area contributed by atoms with Gasteiger partial charge in [-0.2, -0.15) is 0 Å². The zero-order chi connectivity index (χ0) is 13.2. The second-order valence-electron chi connectivity index (χ2n) is 7.35. The molecule has 1 spiro atoms. The number of hydrogen-bond donors (Lipinski definition) is 2. The minimum Gasteiger partial charge on any atom is -0.329 e. The predicted molar refractivity (Wildman–Crippen MR) is 79.7 cm³/mol. The molecule has 0 aromatic carbocycles. The van der Waals surface area contributed by atoms with Crippen LogP contribution in [0.1, 0.15) is 70.6 Å². The van der Waals surface area contributed by atoms with Crippen LogP contribution in [-0.4, -0.2) is 30.2 Å². The van der Waals surface area contributed by atoms with Crippen molar-refractivity contribution >= 4 is 0 Å². The van der Waals surface area contributed by atoms with Crippen LogP contribution in [-0.2, 0) is 0 Å². The summed E-state index contributed by atoms with van der Waals surface area (Å²) in [6, 6.07) is 0. The highest BCUT2D eigenvalue weighted by Crippen LogP contribution is 2.51. The summed E-state index contributed by atoms with van der Waals surface area (Å²) < 4.78 is 0. The Morgan fingerprint density at radius 1 is 0.789 bits per heavy atom. The molecular formula is C16H31N3. The third-order valence-electron chi connectivity index (χ3n) is 6.07. The van der Waals surface area contributed by atoms with E-state index < -0.39 is 0 Å². The number of hydrazine groups is 1. The summed E-state index contributed by atoms with van der Waals surface area (Å²) in [5.74, 6) is 0. The van der Waals surface area contributed by atoms with Gasteiger partial charge in [0.25, 0.3) is 0 Å². The van der Waals surface area contributed by atoms with E-state index in [1.807, 2.05) is 0 Å². The average Bonchev–Trinajstić information content (AvgIpc) is 2.92. The van der Waals surface area contributed by atoms with Gasteiger partial charge in [0.2, 0.25) is 0 Å². The molecular weight excluding hydrogens is 234 g/mol. The number of rotatable bonds is 3. The second kappa shape index (κ2) is 5.71. The minimum absolute atomic E-state index is 0.213. The molecule has 1 saturated heterocycles. The van der Waals surface area contributed by atoms with Crippen molar-refractivity contribution in [2.75, 3.05) is 19.6 Å². The largest absolute Gasteiger partial charge is 0.329 e. The maximum Gasteiger partial charge on any atom is 0.0448 e. The molecule has 19 heavy (non-hydrogen) atoms. The highest BCUT2D eigenvalue weighted by Gasteiger charge is 2.43. The fraction of sp³-hybridized carbons (Fsp3) is 1.00. The van der Waals surface area contributed by atoms with Crippen molar-refractivity contribution in [2.45, 2.75) is 76.2 Å². The fourth-order valence-electron chi connectivity index (χ4n) is 4.59. The molecule has 0 radical (unpaired) electrons. The Balaban J connectivity index is 1.58. The van der Waals surface area contributed by atoms with Crippen LogP contribution in [0.3, 0.4) is 0 Å². The van der Waals surface area contributed by atoms with E-state index in [0.717, 1.165) is 6.54 Å². The number of hydrogen-bond acceptors (Lipinski definition) is 3. The molecule has 3 aliphatic rings. The van der Waals surface area contributed by atoms with Gasteiger partial charge in [0.1, 0.15) is 0 Å². The lowest BCUT2D eigenvalue weighted by Crippen LogP contribution is -2.61. The van der Waals surface area contributed by atoms with Gasteiger partial charge in [-0.25, -0.2) is 10.4 Å². The lowest BCUT2D eigenvalue weighted by molar-refractivity contribution is 0.0299. The lowest BCUT2D eigenvalue weighted by atomic mass is 9.66. The molecule has 110 valence electrons.